The van der Waals surface area contributed by atoms with E-state index in [9.17, 15) is 4.79 Å². The molecule has 0 aliphatic heterocycles. The van der Waals surface area contributed by atoms with E-state index >= 15 is 0 Å². The minimum Gasteiger partial charge on any atom is -0.310 e. The number of benzene rings is 2. The van der Waals surface area contributed by atoms with Crippen LogP contribution in [-0.2, 0) is 4.79 Å². The van der Waals surface area contributed by atoms with Crippen molar-refractivity contribution < 1.29 is 4.79 Å². The Morgan fingerprint density at radius 1 is 1.15 bits per heavy atom. The van der Waals surface area contributed by atoms with Crippen LogP contribution in [0.2, 0.25) is 0 Å². The number of anilines is 1. The van der Waals surface area contributed by atoms with E-state index < -0.39 is 0 Å². The maximum Gasteiger partial charge on any atom is 0.239 e. The van der Waals surface area contributed by atoms with Crippen LogP contribution in [0.3, 0.4) is 0 Å². The quantitative estimate of drug-likeness (QED) is 0.681. The first-order chi connectivity index (χ1) is 13.2. The molecule has 0 saturated heterocycles. The van der Waals surface area contributed by atoms with Gasteiger partial charge in [-0.3, -0.25) is 4.79 Å². The lowest BCUT2D eigenvalue weighted by molar-refractivity contribution is -0.115. The molecule has 4 rings (SSSR count). The summed E-state index contributed by atoms with van der Waals surface area (Å²) in [7, 11) is 0. The molecule has 2 N–H and O–H groups in total. The van der Waals surface area contributed by atoms with Gasteiger partial charge >= 0.3 is 0 Å². The maximum absolute atomic E-state index is 12.5. The number of carbonyl (C=O) groups is 1. The molecule has 1 aromatic heterocycles. The van der Waals surface area contributed by atoms with Gasteiger partial charge in [-0.25, -0.2) is 4.68 Å². The first kappa shape index (κ1) is 17.7. The highest BCUT2D eigenvalue weighted by Gasteiger charge is 2.20. The van der Waals surface area contributed by atoms with Gasteiger partial charge in [-0.2, -0.15) is 5.10 Å². The largest absolute Gasteiger partial charge is 0.310 e. The van der Waals surface area contributed by atoms with E-state index in [0.717, 1.165) is 18.7 Å². The van der Waals surface area contributed by atoms with Gasteiger partial charge in [-0.1, -0.05) is 55.3 Å². The molecule has 0 spiro atoms. The fourth-order valence-electron chi connectivity index (χ4n) is 4.02. The van der Waals surface area contributed by atoms with Crippen molar-refractivity contribution >= 4 is 22.5 Å². The van der Waals surface area contributed by atoms with Gasteiger partial charge in [0.2, 0.25) is 5.91 Å². The van der Waals surface area contributed by atoms with E-state index in [2.05, 4.69) is 59.1 Å². The van der Waals surface area contributed by atoms with Gasteiger partial charge in [0.25, 0.3) is 0 Å². The molecule has 27 heavy (non-hydrogen) atoms. The third-order valence-electron chi connectivity index (χ3n) is 5.47. The van der Waals surface area contributed by atoms with E-state index in [-0.39, 0.29) is 18.5 Å². The molecule has 0 bridgehead atoms. The predicted molar refractivity (Wildman–Crippen MR) is 109 cm³/mol. The molecule has 1 atom stereocenters. The fourth-order valence-corrected chi connectivity index (χ4v) is 4.02. The molecule has 1 saturated carbocycles. The Bertz CT molecular complexity index is 921. The molecule has 2 aromatic carbocycles. The molecule has 1 heterocycles. The average molecular weight is 362 g/mol. The molecule has 1 fully saturated rings. The van der Waals surface area contributed by atoms with Crippen molar-refractivity contribution in [2.75, 3.05) is 11.9 Å². The van der Waals surface area contributed by atoms with Crippen LogP contribution in [0.5, 0.6) is 0 Å². The third-order valence-corrected chi connectivity index (χ3v) is 5.47. The second-order valence-electron chi connectivity index (χ2n) is 7.32. The molecule has 1 aliphatic rings. The van der Waals surface area contributed by atoms with Crippen LogP contribution in [0.25, 0.3) is 10.8 Å². The van der Waals surface area contributed by atoms with Gasteiger partial charge in [0.1, 0.15) is 5.82 Å². The second kappa shape index (κ2) is 7.92. The van der Waals surface area contributed by atoms with Crippen LogP contribution < -0.4 is 10.6 Å². The molecule has 5 nitrogen and oxygen atoms in total. The average Bonchev–Trinajstić information content (AvgIpc) is 3.37. The van der Waals surface area contributed by atoms with E-state index in [4.69, 9.17) is 0 Å². The van der Waals surface area contributed by atoms with Crippen LogP contribution in [0, 0.1) is 0 Å². The Labute approximate surface area is 159 Å². The molecule has 0 unspecified atom stereocenters. The summed E-state index contributed by atoms with van der Waals surface area (Å²) in [4.78, 5) is 12.5. The molecule has 140 valence electrons. The molecule has 3 aromatic rings. The number of amides is 1. The summed E-state index contributed by atoms with van der Waals surface area (Å²) in [5.41, 5.74) is 1.21. The van der Waals surface area contributed by atoms with Crippen molar-refractivity contribution in [1.29, 1.82) is 0 Å². The summed E-state index contributed by atoms with van der Waals surface area (Å²) in [5.74, 6) is 0.758. The van der Waals surface area contributed by atoms with Crippen LogP contribution >= 0.6 is 0 Å². The second-order valence-corrected chi connectivity index (χ2v) is 7.32. The van der Waals surface area contributed by atoms with Crippen molar-refractivity contribution in [2.24, 2.45) is 0 Å². The number of fused-ring (bicyclic) bond motifs is 1. The number of rotatable bonds is 6. The van der Waals surface area contributed by atoms with E-state index in [1.807, 2.05) is 16.8 Å². The number of hydrogen-bond acceptors (Lipinski definition) is 3. The Hall–Kier alpha value is -2.66. The van der Waals surface area contributed by atoms with Crippen molar-refractivity contribution in [3.63, 3.8) is 0 Å². The molecule has 1 aliphatic carbocycles. The Morgan fingerprint density at radius 3 is 2.78 bits per heavy atom. The molecule has 1 amide bonds. The summed E-state index contributed by atoms with van der Waals surface area (Å²) in [6.07, 6.45) is 6.52. The molecule has 5 heteroatoms. The first-order valence-corrected chi connectivity index (χ1v) is 9.77. The third kappa shape index (κ3) is 3.88. The van der Waals surface area contributed by atoms with Crippen LogP contribution in [0.1, 0.15) is 50.3 Å². The smallest absolute Gasteiger partial charge is 0.239 e. The van der Waals surface area contributed by atoms with Gasteiger partial charge in [-0.05, 0) is 36.1 Å². The van der Waals surface area contributed by atoms with E-state index in [1.165, 1.54) is 29.2 Å². The maximum atomic E-state index is 12.5. The van der Waals surface area contributed by atoms with Crippen LogP contribution in [0.15, 0.2) is 54.7 Å². The molecule has 0 radical (unpaired) electrons. The van der Waals surface area contributed by atoms with Gasteiger partial charge in [0.15, 0.2) is 0 Å². The number of hydrogen-bond donors (Lipinski definition) is 2. The van der Waals surface area contributed by atoms with E-state index in [1.54, 1.807) is 6.20 Å². The van der Waals surface area contributed by atoms with Gasteiger partial charge in [0.05, 0.1) is 18.8 Å². The number of nitrogens with zero attached hydrogens (tertiary/aromatic N) is 2. The van der Waals surface area contributed by atoms with Crippen molar-refractivity contribution in [3.05, 3.63) is 60.3 Å². The zero-order chi connectivity index (χ0) is 18.6. The lowest BCUT2D eigenvalue weighted by Gasteiger charge is -2.17. The Balaban J connectivity index is 1.39. The minimum absolute atomic E-state index is 0.0400. The lowest BCUT2D eigenvalue weighted by Crippen LogP contribution is -2.31. The summed E-state index contributed by atoms with van der Waals surface area (Å²) in [6, 6.07) is 17.0. The number of nitrogens with one attached hydrogen (secondary N) is 2. The summed E-state index contributed by atoms with van der Waals surface area (Å²) >= 11 is 0. The number of carbonyl (C=O) groups excluding carboxylic acids is 1. The summed E-state index contributed by atoms with van der Waals surface area (Å²) in [6.45, 7) is 2.36. The Morgan fingerprint density at radius 2 is 1.93 bits per heavy atom. The van der Waals surface area contributed by atoms with Crippen molar-refractivity contribution in [1.82, 2.24) is 15.1 Å². The zero-order valence-electron chi connectivity index (χ0n) is 15.7. The van der Waals surface area contributed by atoms with Crippen molar-refractivity contribution in [3.8, 4) is 0 Å². The Kier molecular flexibility index (Phi) is 5.21. The highest BCUT2D eigenvalue weighted by Crippen LogP contribution is 2.31. The highest BCUT2D eigenvalue weighted by molar-refractivity contribution is 5.91. The minimum atomic E-state index is -0.0400. The summed E-state index contributed by atoms with van der Waals surface area (Å²) < 4.78 is 1.97. The highest BCUT2D eigenvalue weighted by atomic mass is 16.2. The lowest BCUT2D eigenvalue weighted by atomic mass is 10.00. The monoisotopic (exact) mass is 362 g/mol. The van der Waals surface area contributed by atoms with Crippen LogP contribution in [-0.4, -0.2) is 22.2 Å². The topological polar surface area (TPSA) is 59.0 Å². The fraction of sp³-hybridized carbons (Fsp3) is 0.364. The molecular weight excluding hydrogens is 336 g/mol. The van der Waals surface area contributed by atoms with E-state index in [0.29, 0.717) is 6.04 Å². The summed E-state index contributed by atoms with van der Waals surface area (Å²) in [5, 5.41) is 13.2. The SMILES string of the molecule is C[C@@H](NCC(=O)Nc1ccnn1C1CCCC1)c1cccc2ccccc12. The zero-order valence-corrected chi connectivity index (χ0v) is 15.7. The van der Waals surface area contributed by atoms with Gasteiger partial charge in [-0.15, -0.1) is 0 Å². The normalized spacial score (nSPS) is 15.9. The molecular formula is C22H26N4O. The predicted octanol–water partition coefficient (Wildman–Crippen LogP) is 4.44. The number of aromatic nitrogens is 2. The van der Waals surface area contributed by atoms with Gasteiger partial charge < -0.3 is 10.6 Å². The van der Waals surface area contributed by atoms with Crippen molar-refractivity contribution in [2.45, 2.75) is 44.7 Å². The van der Waals surface area contributed by atoms with Gasteiger partial charge in [0, 0.05) is 12.1 Å². The van der Waals surface area contributed by atoms with Crippen LogP contribution in [0.4, 0.5) is 5.82 Å². The standard InChI is InChI=1S/C22H26N4O/c1-16(19-12-6-8-17-7-2-5-11-20(17)19)23-15-22(27)25-21-13-14-24-26(21)18-9-3-4-10-18/h2,5-8,11-14,16,18,23H,3-4,9-10,15H2,1H3,(H,25,27)/t16-/m1/s1. The first-order valence-electron chi connectivity index (χ1n) is 9.77.